The molecule has 0 aliphatic heterocycles. The number of carbonyl (C=O) groups is 3. The normalized spacial score (nSPS) is 12.2. The molecule has 2 aromatic heterocycles. The third-order valence-electron chi connectivity index (χ3n) is 4.14. The SMILES string of the molecule is Cc1nn(-c2cccc(Cl)c2)c2sc(C(=O)OC(C(=O)NC(N)=O)C(C)C)cc12. The molecular weight excluding hydrogens is 416 g/mol. The summed E-state index contributed by atoms with van der Waals surface area (Å²) < 4.78 is 7.07. The Bertz CT molecular complexity index is 1110. The van der Waals surface area contributed by atoms with E-state index in [4.69, 9.17) is 22.1 Å². The number of halogens is 1. The van der Waals surface area contributed by atoms with Gasteiger partial charge in [0, 0.05) is 10.4 Å². The van der Waals surface area contributed by atoms with Gasteiger partial charge in [-0.1, -0.05) is 31.5 Å². The predicted molar refractivity (Wildman–Crippen MR) is 110 cm³/mol. The van der Waals surface area contributed by atoms with Gasteiger partial charge in [-0.05, 0) is 37.1 Å². The molecular formula is C19H19ClN4O4S. The lowest BCUT2D eigenvalue weighted by atomic mass is 10.1. The van der Waals surface area contributed by atoms with E-state index >= 15 is 0 Å². The summed E-state index contributed by atoms with van der Waals surface area (Å²) >= 11 is 7.27. The molecule has 152 valence electrons. The second-order valence-electron chi connectivity index (χ2n) is 6.73. The van der Waals surface area contributed by atoms with Gasteiger partial charge < -0.3 is 10.5 Å². The zero-order valence-electron chi connectivity index (χ0n) is 15.9. The average Bonchev–Trinajstić information content (AvgIpc) is 3.19. The number of thiophene rings is 1. The van der Waals surface area contributed by atoms with Crippen LogP contribution in [0.4, 0.5) is 4.79 Å². The maximum atomic E-state index is 12.7. The van der Waals surface area contributed by atoms with Crippen LogP contribution < -0.4 is 11.1 Å². The van der Waals surface area contributed by atoms with Crippen molar-refractivity contribution in [1.29, 1.82) is 0 Å². The van der Waals surface area contributed by atoms with Gasteiger partial charge >= 0.3 is 12.0 Å². The van der Waals surface area contributed by atoms with E-state index in [1.807, 2.05) is 24.4 Å². The smallest absolute Gasteiger partial charge is 0.349 e. The first-order valence-electron chi connectivity index (χ1n) is 8.73. The second-order valence-corrected chi connectivity index (χ2v) is 8.20. The Kier molecular flexibility index (Phi) is 5.90. The van der Waals surface area contributed by atoms with Crippen LogP contribution in [0.3, 0.4) is 0 Å². The van der Waals surface area contributed by atoms with E-state index in [0.29, 0.717) is 9.90 Å². The van der Waals surface area contributed by atoms with E-state index in [2.05, 4.69) is 5.10 Å². The van der Waals surface area contributed by atoms with Crippen molar-refractivity contribution in [3.63, 3.8) is 0 Å². The molecule has 0 saturated heterocycles. The average molecular weight is 435 g/mol. The first-order chi connectivity index (χ1) is 13.7. The van der Waals surface area contributed by atoms with Gasteiger partial charge in [-0.3, -0.25) is 10.1 Å². The third-order valence-corrected chi connectivity index (χ3v) is 5.47. The minimum absolute atomic E-state index is 0.314. The number of ether oxygens (including phenoxy) is 1. The lowest BCUT2D eigenvalue weighted by Crippen LogP contribution is -2.45. The van der Waals surface area contributed by atoms with E-state index in [9.17, 15) is 14.4 Å². The number of hydrogen-bond donors (Lipinski definition) is 2. The summed E-state index contributed by atoms with van der Waals surface area (Å²) in [6.45, 7) is 5.23. The number of imide groups is 1. The van der Waals surface area contributed by atoms with E-state index < -0.39 is 24.0 Å². The van der Waals surface area contributed by atoms with Crippen molar-refractivity contribution in [1.82, 2.24) is 15.1 Å². The highest BCUT2D eigenvalue weighted by Gasteiger charge is 2.29. The maximum Gasteiger partial charge on any atom is 0.349 e. The molecule has 3 rings (SSSR count). The number of amides is 3. The van der Waals surface area contributed by atoms with Gasteiger partial charge in [0.25, 0.3) is 5.91 Å². The summed E-state index contributed by atoms with van der Waals surface area (Å²) in [6, 6.07) is 7.88. The molecule has 0 radical (unpaired) electrons. The summed E-state index contributed by atoms with van der Waals surface area (Å²) in [5.41, 5.74) is 6.48. The van der Waals surface area contributed by atoms with E-state index in [1.165, 1.54) is 11.3 Å². The van der Waals surface area contributed by atoms with Crippen LogP contribution >= 0.6 is 22.9 Å². The summed E-state index contributed by atoms with van der Waals surface area (Å²) in [6.07, 6.45) is -1.15. The van der Waals surface area contributed by atoms with Gasteiger partial charge in [-0.2, -0.15) is 5.10 Å². The monoisotopic (exact) mass is 434 g/mol. The summed E-state index contributed by atoms with van der Waals surface area (Å²) in [4.78, 5) is 36.8. The highest BCUT2D eigenvalue weighted by molar-refractivity contribution is 7.20. The number of urea groups is 1. The molecule has 1 atom stereocenters. The molecule has 2 heterocycles. The molecule has 3 N–H and O–H groups in total. The summed E-state index contributed by atoms with van der Waals surface area (Å²) in [7, 11) is 0. The molecule has 0 aliphatic carbocycles. The van der Waals surface area contributed by atoms with Gasteiger partial charge in [0.05, 0.1) is 11.4 Å². The van der Waals surface area contributed by atoms with Crippen molar-refractivity contribution in [3.8, 4) is 5.69 Å². The predicted octanol–water partition coefficient (Wildman–Crippen LogP) is 3.43. The molecule has 1 aromatic carbocycles. The van der Waals surface area contributed by atoms with Crippen LogP contribution in [0.2, 0.25) is 5.02 Å². The van der Waals surface area contributed by atoms with Crippen LogP contribution in [0.5, 0.6) is 0 Å². The van der Waals surface area contributed by atoms with Gasteiger partial charge in [-0.25, -0.2) is 14.3 Å². The zero-order valence-corrected chi connectivity index (χ0v) is 17.5. The standard InChI is InChI=1S/C19H19ClN4O4S/c1-9(2)15(16(25)22-19(21)27)28-18(26)14-8-13-10(3)23-24(17(13)29-14)12-6-4-5-11(20)7-12/h4-9,15H,1-3H3,(H3,21,22,25,27). The number of rotatable bonds is 5. The van der Waals surface area contributed by atoms with E-state index in [1.54, 1.807) is 36.7 Å². The minimum Gasteiger partial charge on any atom is -0.448 e. The van der Waals surface area contributed by atoms with Crippen molar-refractivity contribution < 1.29 is 19.1 Å². The first kappa shape index (κ1) is 20.8. The van der Waals surface area contributed by atoms with Crippen LogP contribution in [-0.4, -0.2) is 33.8 Å². The summed E-state index contributed by atoms with van der Waals surface area (Å²) in [5, 5.41) is 7.83. The fourth-order valence-corrected chi connectivity index (χ4v) is 4.04. The first-order valence-corrected chi connectivity index (χ1v) is 9.93. The number of benzene rings is 1. The number of nitrogens with zero attached hydrogens (tertiary/aromatic N) is 2. The van der Waals surface area contributed by atoms with Crippen molar-refractivity contribution in [2.75, 3.05) is 0 Å². The topological polar surface area (TPSA) is 116 Å². The largest absolute Gasteiger partial charge is 0.448 e. The number of carbonyl (C=O) groups excluding carboxylic acids is 3. The third kappa shape index (κ3) is 4.41. The summed E-state index contributed by atoms with van der Waals surface area (Å²) in [5.74, 6) is -1.78. The van der Waals surface area contributed by atoms with Gasteiger partial charge in [0.1, 0.15) is 9.71 Å². The number of nitrogens with one attached hydrogen (secondary N) is 1. The Morgan fingerprint density at radius 3 is 2.62 bits per heavy atom. The van der Waals surface area contributed by atoms with Crippen LogP contribution in [0.15, 0.2) is 30.3 Å². The van der Waals surface area contributed by atoms with Crippen molar-refractivity contribution in [2.24, 2.45) is 11.7 Å². The number of primary amides is 1. The fourth-order valence-electron chi connectivity index (χ4n) is 2.79. The minimum atomic E-state index is -1.15. The van der Waals surface area contributed by atoms with Gasteiger partial charge in [0.2, 0.25) is 0 Å². The Morgan fingerprint density at radius 1 is 1.28 bits per heavy atom. The van der Waals surface area contributed by atoms with E-state index in [0.717, 1.165) is 21.6 Å². The zero-order chi connectivity index (χ0) is 21.3. The highest BCUT2D eigenvalue weighted by atomic mass is 35.5. The number of aryl methyl sites for hydroxylation is 1. The molecule has 1 unspecified atom stereocenters. The van der Waals surface area contributed by atoms with E-state index in [-0.39, 0.29) is 5.92 Å². The van der Waals surface area contributed by atoms with Crippen molar-refractivity contribution in [3.05, 3.63) is 45.9 Å². The number of aromatic nitrogens is 2. The lowest BCUT2D eigenvalue weighted by Gasteiger charge is -2.19. The fraction of sp³-hybridized carbons (Fsp3) is 0.263. The quantitative estimate of drug-likeness (QED) is 0.596. The Labute approximate surface area is 175 Å². The Morgan fingerprint density at radius 2 is 2.00 bits per heavy atom. The van der Waals surface area contributed by atoms with Gasteiger partial charge in [-0.15, -0.1) is 11.3 Å². The molecule has 0 bridgehead atoms. The Hall–Kier alpha value is -2.91. The van der Waals surface area contributed by atoms with Crippen LogP contribution in [0, 0.1) is 12.8 Å². The van der Waals surface area contributed by atoms with Crippen LogP contribution in [0.1, 0.15) is 29.2 Å². The molecule has 0 spiro atoms. The molecule has 0 aliphatic rings. The second kappa shape index (κ2) is 8.22. The molecule has 8 nitrogen and oxygen atoms in total. The van der Waals surface area contributed by atoms with Crippen molar-refractivity contribution >= 4 is 51.1 Å². The number of fused-ring (bicyclic) bond motifs is 1. The van der Waals surface area contributed by atoms with Crippen LogP contribution in [0.25, 0.3) is 15.9 Å². The molecule has 0 saturated carbocycles. The van der Waals surface area contributed by atoms with Crippen molar-refractivity contribution in [2.45, 2.75) is 26.9 Å². The Balaban J connectivity index is 1.92. The number of hydrogen-bond acceptors (Lipinski definition) is 6. The maximum absolute atomic E-state index is 12.7. The molecule has 0 fully saturated rings. The number of esters is 1. The molecule has 29 heavy (non-hydrogen) atoms. The number of nitrogens with two attached hydrogens (primary N) is 1. The molecule has 3 amide bonds. The highest BCUT2D eigenvalue weighted by Crippen LogP contribution is 2.31. The molecule has 3 aromatic rings. The molecule has 10 heteroatoms. The lowest BCUT2D eigenvalue weighted by molar-refractivity contribution is -0.130. The van der Waals surface area contributed by atoms with Gasteiger partial charge in [0.15, 0.2) is 6.10 Å². The van der Waals surface area contributed by atoms with Crippen LogP contribution in [-0.2, 0) is 9.53 Å².